The van der Waals surface area contributed by atoms with Gasteiger partial charge in [0, 0.05) is 32.2 Å². The van der Waals surface area contributed by atoms with E-state index in [-0.39, 0.29) is 18.5 Å². The number of aromatic nitrogens is 3. The lowest BCUT2D eigenvalue weighted by Crippen LogP contribution is -2.49. The molecule has 7 heteroatoms. The summed E-state index contributed by atoms with van der Waals surface area (Å²) in [6.07, 6.45) is 8.41. The van der Waals surface area contributed by atoms with Crippen molar-refractivity contribution < 1.29 is 4.79 Å². The average Bonchev–Trinajstić information content (AvgIpc) is 3.15. The first-order valence-corrected chi connectivity index (χ1v) is 8.51. The van der Waals surface area contributed by atoms with Gasteiger partial charge in [-0.25, -0.2) is 4.98 Å². The maximum absolute atomic E-state index is 12.8. The van der Waals surface area contributed by atoms with Crippen LogP contribution in [0.4, 0.5) is 5.82 Å². The lowest BCUT2D eigenvalue weighted by atomic mass is 10.0. The van der Waals surface area contributed by atoms with Crippen LogP contribution in [0.5, 0.6) is 0 Å². The van der Waals surface area contributed by atoms with E-state index in [0.29, 0.717) is 11.4 Å². The molecule has 7 nitrogen and oxygen atoms in total. The minimum Gasteiger partial charge on any atom is -0.350 e. The Balaban J connectivity index is 1.64. The molecule has 2 aromatic rings. The van der Waals surface area contributed by atoms with E-state index in [1.165, 1.54) is 6.20 Å². The predicted octanol–water partition coefficient (Wildman–Crippen LogP) is 1.67. The van der Waals surface area contributed by atoms with Crippen LogP contribution >= 0.6 is 0 Å². The van der Waals surface area contributed by atoms with Gasteiger partial charge < -0.3 is 9.80 Å². The van der Waals surface area contributed by atoms with Crippen LogP contribution in [0.3, 0.4) is 0 Å². The summed E-state index contributed by atoms with van der Waals surface area (Å²) in [5.41, 5.74) is 0.513. The first-order valence-electron chi connectivity index (χ1n) is 8.51. The SMILES string of the molecule is CN(CC(=O)N1CCCCC1Cn1cccn1)c1ccc(C#N)cn1. The summed E-state index contributed by atoms with van der Waals surface area (Å²) < 4.78 is 1.89. The molecule has 1 aliphatic rings. The summed E-state index contributed by atoms with van der Waals surface area (Å²) in [5, 5.41) is 13.1. The number of amides is 1. The Morgan fingerprint density at radius 3 is 3.00 bits per heavy atom. The minimum atomic E-state index is 0.102. The van der Waals surface area contributed by atoms with Crippen LogP contribution in [0.2, 0.25) is 0 Å². The van der Waals surface area contributed by atoms with Gasteiger partial charge in [0.25, 0.3) is 0 Å². The first-order chi connectivity index (χ1) is 12.2. The van der Waals surface area contributed by atoms with Crippen LogP contribution in [0.1, 0.15) is 24.8 Å². The van der Waals surface area contributed by atoms with Gasteiger partial charge in [-0.2, -0.15) is 10.4 Å². The molecule has 2 aromatic heterocycles. The van der Waals surface area contributed by atoms with Crippen molar-refractivity contribution in [2.45, 2.75) is 31.8 Å². The van der Waals surface area contributed by atoms with Crippen molar-refractivity contribution in [1.29, 1.82) is 5.26 Å². The smallest absolute Gasteiger partial charge is 0.242 e. The second-order valence-electron chi connectivity index (χ2n) is 6.34. The molecule has 3 heterocycles. The third-order valence-electron chi connectivity index (χ3n) is 4.54. The van der Waals surface area contributed by atoms with Crippen molar-refractivity contribution in [3.05, 3.63) is 42.4 Å². The van der Waals surface area contributed by atoms with Crippen molar-refractivity contribution in [2.75, 3.05) is 25.0 Å². The van der Waals surface area contributed by atoms with Gasteiger partial charge in [-0.3, -0.25) is 9.48 Å². The molecule has 0 aromatic carbocycles. The summed E-state index contributed by atoms with van der Waals surface area (Å²) in [6.45, 7) is 1.80. The molecular formula is C18H22N6O. The van der Waals surface area contributed by atoms with Crippen molar-refractivity contribution in [3.8, 4) is 6.07 Å². The third kappa shape index (κ3) is 4.15. The summed E-state index contributed by atoms with van der Waals surface area (Å²) in [5.74, 6) is 0.790. The molecule has 0 aliphatic carbocycles. The molecule has 1 aliphatic heterocycles. The number of piperidine rings is 1. The minimum absolute atomic E-state index is 0.102. The molecule has 25 heavy (non-hydrogen) atoms. The summed E-state index contributed by atoms with van der Waals surface area (Å²) in [7, 11) is 1.85. The molecule has 1 fully saturated rings. The fraction of sp³-hybridized carbons (Fsp3) is 0.444. The van der Waals surface area contributed by atoms with Crippen LogP contribution in [-0.2, 0) is 11.3 Å². The van der Waals surface area contributed by atoms with E-state index in [4.69, 9.17) is 5.26 Å². The van der Waals surface area contributed by atoms with Gasteiger partial charge >= 0.3 is 0 Å². The molecular weight excluding hydrogens is 316 g/mol. The van der Waals surface area contributed by atoms with E-state index >= 15 is 0 Å². The lowest BCUT2D eigenvalue weighted by Gasteiger charge is -2.36. The van der Waals surface area contributed by atoms with E-state index in [2.05, 4.69) is 10.1 Å². The van der Waals surface area contributed by atoms with Gasteiger partial charge in [-0.15, -0.1) is 0 Å². The number of hydrogen-bond donors (Lipinski definition) is 0. The zero-order valence-electron chi connectivity index (χ0n) is 14.4. The highest BCUT2D eigenvalue weighted by Gasteiger charge is 2.27. The van der Waals surface area contributed by atoms with Crippen LogP contribution in [-0.4, -0.2) is 51.8 Å². The van der Waals surface area contributed by atoms with E-state index in [9.17, 15) is 4.79 Å². The maximum atomic E-state index is 12.8. The van der Waals surface area contributed by atoms with Crippen molar-refractivity contribution in [3.63, 3.8) is 0 Å². The maximum Gasteiger partial charge on any atom is 0.242 e. The first kappa shape index (κ1) is 17.0. The number of anilines is 1. The number of rotatable bonds is 5. The topological polar surface area (TPSA) is 78.0 Å². The van der Waals surface area contributed by atoms with E-state index in [1.807, 2.05) is 39.9 Å². The second-order valence-corrected chi connectivity index (χ2v) is 6.34. The highest BCUT2D eigenvalue weighted by Crippen LogP contribution is 2.19. The molecule has 0 bridgehead atoms. The number of likely N-dealkylation sites (N-methyl/N-ethyl adjacent to an activating group) is 1. The summed E-state index contributed by atoms with van der Waals surface area (Å²) >= 11 is 0. The number of carbonyl (C=O) groups is 1. The monoisotopic (exact) mass is 338 g/mol. The van der Waals surface area contributed by atoms with E-state index in [0.717, 1.165) is 32.4 Å². The quantitative estimate of drug-likeness (QED) is 0.829. The van der Waals surface area contributed by atoms with Crippen molar-refractivity contribution >= 4 is 11.7 Å². The molecule has 0 saturated carbocycles. The van der Waals surface area contributed by atoms with Gasteiger partial charge in [-0.1, -0.05) is 0 Å². The molecule has 1 unspecified atom stereocenters. The van der Waals surface area contributed by atoms with Gasteiger partial charge in [-0.05, 0) is 37.5 Å². The Morgan fingerprint density at radius 1 is 1.44 bits per heavy atom. The molecule has 1 amide bonds. The highest BCUT2D eigenvalue weighted by atomic mass is 16.2. The van der Waals surface area contributed by atoms with E-state index < -0.39 is 0 Å². The number of nitrogens with zero attached hydrogens (tertiary/aromatic N) is 6. The number of hydrogen-bond acceptors (Lipinski definition) is 5. The number of carbonyl (C=O) groups excluding carboxylic acids is 1. The zero-order chi connectivity index (χ0) is 17.6. The van der Waals surface area contributed by atoms with Crippen LogP contribution in [0, 0.1) is 11.3 Å². The Bertz CT molecular complexity index is 734. The molecule has 0 radical (unpaired) electrons. The number of nitriles is 1. The average molecular weight is 338 g/mol. The Kier molecular flexibility index (Phi) is 5.29. The predicted molar refractivity (Wildman–Crippen MR) is 93.8 cm³/mol. The molecule has 0 N–H and O–H groups in total. The summed E-state index contributed by atoms with van der Waals surface area (Å²) in [6, 6.07) is 7.61. The molecule has 0 spiro atoms. The Hall–Kier alpha value is -2.88. The van der Waals surface area contributed by atoms with Crippen LogP contribution < -0.4 is 4.90 Å². The lowest BCUT2D eigenvalue weighted by molar-refractivity contribution is -0.133. The van der Waals surface area contributed by atoms with Gasteiger partial charge in [0.05, 0.1) is 24.7 Å². The Morgan fingerprint density at radius 2 is 2.32 bits per heavy atom. The molecule has 3 rings (SSSR count). The number of pyridine rings is 1. The van der Waals surface area contributed by atoms with Crippen molar-refractivity contribution in [2.24, 2.45) is 0 Å². The fourth-order valence-corrected chi connectivity index (χ4v) is 3.20. The second kappa shape index (κ2) is 7.79. The third-order valence-corrected chi connectivity index (χ3v) is 4.54. The normalized spacial score (nSPS) is 17.1. The fourth-order valence-electron chi connectivity index (χ4n) is 3.20. The van der Waals surface area contributed by atoms with Gasteiger partial charge in [0.1, 0.15) is 11.9 Å². The standard InChI is InChI=1S/C18H22N6O/c1-22(17-7-6-15(11-19)12-20-17)14-18(25)24-10-3-2-5-16(24)13-23-9-4-8-21-23/h4,6-9,12,16H,2-3,5,10,13-14H2,1H3. The van der Waals surface area contributed by atoms with Crippen molar-refractivity contribution in [1.82, 2.24) is 19.7 Å². The van der Waals surface area contributed by atoms with Crippen LogP contribution in [0.25, 0.3) is 0 Å². The van der Waals surface area contributed by atoms with Gasteiger partial charge in [0.15, 0.2) is 0 Å². The highest BCUT2D eigenvalue weighted by molar-refractivity contribution is 5.81. The molecule has 1 saturated heterocycles. The van der Waals surface area contributed by atoms with E-state index in [1.54, 1.807) is 18.3 Å². The summed E-state index contributed by atoms with van der Waals surface area (Å²) in [4.78, 5) is 20.9. The number of likely N-dealkylation sites (tertiary alicyclic amines) is 1. The largest absolute Gasteiger partial charge is 0.350 e. The Labute approximate surface area is 147 Å². The van der Waals surface area contributed by atoms with Gasteiger partial charge in [0.2, 0.25) is 5.91 Å². The molecule has 1 atom stereocenters. The van der Waals surface area contributed by atoms with Crippen LogP contribution in [0.15, 0.2) is 36.8 Å². The molecule has 130 valence electrons. The zero-order valence-corrected chi connectivity index (χ0v) is 14.4.